The Morgan fingerprint density at radius 1 is 1.26 bits per heavy atom. The number of thiazole rings is 1. The smallest absolute Gasteiger partial charge is 0.408 e. The van der Waals surface area contributed by atoms with Crippen molar-refractivity contribution in [1.82, 2.24) is 20.5 Å². The number of ketones is 1. The molecule has 1 fully saturated rings. The fraction of sp³-hybridized carbons (Fsp3) is 0.542. The third-order valence-electron chi connectivity index (χ3n) is 5.49. The maximum absolute atomic E-state index is 13.2. The lowest BCUT2D eigenvalue weighted by Crippen LogP contribution is -2.52. The van der Waals surface area contributed by atoms with Crippen LogP contribution < -0.4 is 16.4 Å². The molecule has 190 valence electrons. The van der Waals surface area contributed by atoms with E-state index in [2.05, 4.69) is 15.6 Å². The van der Waals surface area contributed by atoms with Crippen molar-refractivity contribution in [2.24, 2.45) is 5.73 Å². The fourth-order valence-corrected chi connectivity index (χ4v) is 4.85. The van der Waals surface area contributed by atoms with E-state index in [0.29, 0.717) is 43.8 Å². The molecule has 10 nitrogen and oxygen atoms in total. The van der Waals surface area contributed by atoms with Crippen molar-refractivity contribution in [3.63, 3.8) is 0 Å². The number of nitrogens with two attached hydrogens (primary N) is 1. The van der Waals surface area contributed by atoms with Gasteiger partial charge in [-0.2, -0.15) is 0 Å². The van der Waals surface area contributed by atoms with Crippen LogP contribution in [0.3, 0.4) is 0 Å². The highest BCUT2D eigenvalue weighted by molar-refractivity contribution is 7.20. The highest BCUT2D eigenvalue weighted by atomic mass is 32.1. The number of para-hydroxylation sites is 1. The molecule has 1 aliphatic heterocycles. The van der Waals surface area contributed by atoms with Crippen LogP contribution in [0.1, 0.15) is 56.3 Å². The molecule has 1 saturated heterocycles. The molecule has 0 bridgehead atoms. The maximum Gasteiger partial charge on any atom is 0.408 e. The van der Waals surface area contributed by atoms with Crippen LogP contribution in [0.5, 0.6) is 0 Å². The number of nitrogens with zero attached hydrogens (tertiary/aromatic N) is 2. The molecule has 4 N–H and O–H groups in total. The third-order valence-corrected chi connectivity index (χ3v) is 6.54. The standard InChI is InChI=1S/C24H33N5O5S/c1-24(2,3)34-23(33)26-14-19(30)29-13-7-10-17(29)21(32)27-16(9-6-12-25)20(31)22-28-15-8-4-5-11-18(15)35-22/h4-5,8,11,16-17H,6-7,9-10,12-14,25H2,1-3H3,(H,26,33)(H,27,32)/t16-,17-/m0/s1. The predicted octanol–water partition coefficient (Wildman–Crippen LogP) is 2.22. The number of aromatic nitrogens is 1. The Morgan fingerprint density at radius 2 is 2.00 bits per heavy atom. The van der Waals surface area contributed by atoms with E-state index in [1.807, 2.05) is 24.3 Å². The lowest BCUT2D eigenvalue weighted by atomic mass is 10.1. The highest BCUT2D eigenvalue weighted by Crippen LogP contribution is 2.24. The van der Waals surface area contributed by atoms with E-state index in [1.165, 1.54) is 16.2 Å². The minimum absolute atomic E-state index is 0.268. The first-order valence-corrected chi connectivity index (χ1v) is 12.6. The number of nitrogens with one attached hydrogen (secondary N) is 2. The van der Waals surface area contributed by atoms with Gasteiger partial charge in [-0.25, -0.2) is 9.78 Å². The van der Waals surface area contributed by atoms with E-state index in [4.69, 9.17) is 10.5 Å². The van der Waals surface area contributed by atoms with Crippen LogP contribution in [0.2, 0.25) is 0 Å². The van der Waals surface area contributed by atoms with E-state index < -0.39 is 29.7 Å². The molecule has 0 radical (unpaired) electrons. The van der Waals surface area contributed by atoms with Crippen LogP contribution in [0.25, 0.3) is 10.2 Å². The zero-order valence-corrected chi connectivity index (χ0v) is 21.2. The third kappa shape index (κ3) is 7.22. The molecule has 1 aromatic carbocycles. The predicted molar refractivity (Wildman–Crippen MR) is 133 cm³/mol. The number of alkyl carbamates (subject to hydrolysis) is 1. The molecular formula is C24H33N5O5S. The van der Waals surface area contributed by atoms with Gasteiger partial charge in [-0.1, -0.05) is 12.1 Å². The second-order valence-corrected chi connectivity index (χ2v) is 10.5. The second kappa shape index (κ2) is 11.6. The van der Waals surface area contributed by atoms with E-state index in [9.17, 15) is 19.2 Å². The van der Waals surface area contributed by atoms with Gasteiger partial charge >= 0.3 is 6.09 Å². The van der Waals surface area contributed by atoms with Crippen molar-refractivity contribution in [3.05, 3.63) is 29.3 Å². The van der Waals surface area contributed by atoms with Gasteiger partial charge in [0.25, 0.3) is 0 Å². The Balaban J connectivity index is 1.65. The summed E-state index contributed by atoms with van der Waals surface area (Å²) in [5, 5.41) is 5.60. The Labute approximate surface area is 208 Å². The zero-order chi connectivity index (χ0) is 25.6. The SMILES string of the molecule is CC(C)(C)OC(=O)NCC(=O)N1CCC[C@H]1C(=O)N[C@@H](CCCN)C(=O)c1nc2ccccc2s1. The summed E-state index contributed by atoms with van der Waals surface area (Å²) in [6.45, 7) is 5.68. The van der Waals surface area contributed by atoms with Crippen molar-refractivity contribution in [3.8, 4) is 0 Å². The van der Waals surface area contributed by atoms with Gasteiger partial charge in [0.15, 0.2) is 5.01 Å². The van der Waals surface area contributed by atoms with E-state index in [0.717, 1.165) is 10.2 Å². The summed E-state index contributed by atoms with van der Waals surface area (Å²) in [5.74, 6) is -1.05. The van der Waals surface area contributed by atoms with Crippen LogP contribution in [0, 0.1) is 0 Å². The zero-order valence-electron chi connectivity index (χ0n) is 20.3. The van der Waals surface area contributed by atoms with Gasteiger partial charge in [-0.05, 0) is 65.1 Å². The number of amides is 3. The van der Waals surface area contributed by atoms with Crippen LogP contribution in [-0.2, 0) is 14.3 Å². The van der Waals surface area contributed by atoms with Crippen molar-refractivity contribution in [2.75, 3.05) is 19.6 Å². The normalized spacial score (nSPS) is 16.7. The molecule has 3 amide bonds. The lowest BCUT2D eigenvalue weighted by molar-refractivity contribution is -0.137. The van der Waals surface area contributed by atoms with E-state index >= 15 is 0 Å². The summed E-state index contributed by atoms with van der Waals surface area (Å²) >= 11 is 1.29. The van der Waals surface area contributed by atoms with Gasteiger partial charge < -0.3 is 26.0 Å². The average Bonchev–Trinajstić information content (AvgIpc) is 3.46. The van der Waals surface area contributed by atoms with E-state index in [1.54, 1.807) is 20.8 Å². The molecule has 2 aromatic rings. The lowest BCUT2D eigenvalue weighted by Gasteiger charge is -2.26. The summed E-state index contributed by atoms with van der Waals surface area (Å²) in [6.07, 6.45) is 1.35. The number of fused-ring (bicyclic) bond motifs is 1. The Morgan fingerprint density at radius 3 is 2.69 bits per heavy atom. The van der Waals surface area contributed by atoms with E-state index in [-0.39, 0.29) is 18.2 Å². The molecule has 0 unspecified atom stereocenters. The summed E-state index contributed by atoms with van der Waals surface area (Å²) in [7, 11) is 0. The van der Waals surface area contributed by atoms with Gasteiger partial charge in [0.05, 0.1) is 16.3 Å². The number of likely N-dealkylation sites (tertiary alicyclic amines) is 1. The summed E-state index contributed by atoms with van der Waals surface area (Å²) < 4.78 is 6.05. The van der Waals surface area contributed by atoms with Crippen molar-refractivity contribution in [2.45, 2.75) is 64.1 Å². The molecule has 0 spiro atoms. The number of carbonyl (C=O) groups excluding carboxylic acids is 4. The van der Waals surface area contributed by atoms with Crippen LogP contribution in [-0.4, -0.2) is 70.9 Å². The molecule has 1 aromatic heterocycles. The Hall–Kier alpha value is -3.05. The van der Waals surface area contributed by atoms with Gasteiger partial charge in [0, 0.05) is 6.54 Å². The van der Waals surface area contributed by atoms with Gasteiger partial charge in [0.2, 0.25) is 17.6 Å². The van der Waals surface area contributed by atoms with Gasteiger partial charge in [-0.15, -0.1) is 11.3 Å². The van der Waals surface area contributed by atoms with Crippen molar-refractivity contribution >= 4 is 45.2 Å². The van der Waals surface area contributed by atoms with Gasteiger partial charge in [-0.3, -0.25) is 14.4 Å². The summed E-state index contributed by atoms with van der Waals surface area (Å²) in [4.78, 5) is 56.8. The van der Waals surface area contributed by atoms with Crippen LogP contribution in [0.15, 0.2) is 24.3 Å². The average molecular weight is 504 g/mol. The Bertz CT molecular complexity index is 1050. The van der Waals surface area contributed by atoms with Crippen LogP contribution >= 0.6 is 11.3 Å². The first-order valence-electron chi connectivity index (χ1n) is 11.8. The summed E-state index contributed by atoms with van der Waals surface area (Å²) in [6, 6.07) is 5.96. The maximum atomic E-state index is 13.2. The monoisotopic (exact) mass is 503 g/mol. The van der Waals surface area contributed by atoms with Gasteiger partial charge in [0.1, 0.15) is 18.2 Å². The summed E-state index contributed by atoms with van der Waals surface area (Å²) in [5.41, 5.74) is 5.70. The Kier molecular flexibility index (Phi) is 8.79. The number of carbonyl (C=O) groups is 4. The molecule has 3 rings (SSSR count). The number of hydrogen-bond acceptors (Lipinski definition) is 8. The number of ether oxygens (including phenoxy) is 1. The van der Waals surface area contributed by atoms with Crippen molar-refractivity contribution < 1.29 is 23.9 Å². The molecule has 1 aliphatic rings. The first-order chi connectivity index (χ1) is 16.6. The molecular weight excluding hydrogens is 470 g/mol. The number of rotatable bonds is 9. The first kappa shape index (κ1) is 26.6. The van der Waals surface area contributed by atoms with Crippen LogP contribution in [0.4, 0.5) is 4.79 Å². The molecule has 2 heterocycles. The molecule has 35 heavy (non-hydrogen) atoms. The topological polar surface area (TPSA) is 144 Å². The minimum Gasteiger partial charge on any atom is -0.444 e. The molecule has 0 saturated carbocycles. The molecule has 11 heteroatoms. The number of benzene rings is 1. The minimum atomic E-state index is -0.788. The second-order valence-electron chi connectivity index (χ2n) is 9.44. The molecule has 2 atom stereocenters. The highest BCUT2D eigenvalue weighted by Gasteiger charge is 2.36. The number of hydrogen-bond donors (Lipinski definition) is 3. The number of Topliss-reactive ketones (excluding diaryl/α,β-unsaturated/α-hetero) is 1. The molecule has 0 aliphatic carbocycles. The largest absolute Gasteiger partial charge is 0.444 e. The quantitative estimate of drug-likeness (QED) is 0.445. The fourth-order valence-electron chi connectivity index (χ4n) is 3.89. The van der Waals surface area contributed by atoms with Crippen molar-refractivity contribution in [1.29, 1.82) is 0 Å².